The van der Waals surface area contributed by atoms with Crippen LogP contribution in [0.15, 0.2) is 29.2 Å². The van der Waals surface area contributed by atoms with E-state index in [0.29, 0.717) is 24.6 Å². The Hall–Kier alpha value is -1.60. The lowest BCUT2D eigenvalue weighted by Gasteiger charge is -2.48. The van der Waals surface area contributed by atoms with Crippen molar-refractivity contribution in [1.29, 1.82) is 0 Å². The van der Waals surface area contributed by atoms with E-state index >= 15 is 0 Å². The summed E-state index contributed by atoms with van der Waals surface area (Å²) in [5.41, 5.74) is 0.947. The van der Waals surface area contributed by atoms with E-state index in [4.69, 9.17) is 4.74 Å². The molecule has 1 aliphatic heterocycles. The molecular formula is C17H24N2O4S. The van der Waals surface area contributed by atoms with Gasteiger partial charge in [-0.15, -0.1) is 0 Å². The zero-order valence-corrected chi connectivity index (χ0v) is 15.1. The molecule has 0 bridgehead atoms. The lowest BCUT2D eigenvalue weighted by molar-refractivity contribution is 0.0473. The van der Waals surface area contributed by atoms with E-state index in [0.717, 1.165) is 12.0 Å². The van der Waals surface area contributed by atoms with E-state index < -0.39 is 16.1 Å². The zero-order valence-electron chi connectivity index (χ0n) is 14.3. The molecule has 1 aromatic rings. The van der Waals surface area contributed by atoms with Crippen molar-refractivity contribution >= 4 is 16.1 Å². The van der Waals surface area contributed by atoms with E-state index in [-0.39, 0.29) is 17.4 Å². The highest BCUT2D eigenvalue weighted by Crippen LogP contribution is 2.52. The van der Waals surface area contributed by atoms with Crippen LogP contribution in [0.5, 0.6) is 0 Å². The van der Waals surface area contributed by atoms with Crippen LogP contribution in [0.1, 0.15) is 25.8 Å². The molecular weight excluding hydrogens is 328 g/mol. The molecule has 3 rings (SSSR count). The smallest absolute Gasteiger partial charge is 0.407 e. The highest BCUT2D eigenvalue weighted by molar-refractivity contribution is 7.89. The molecule has 132 valence electrons. The Kier molecular flexibility index (Phi) is 4.34. The third-order valence-electron chi connectivity index (χ3n) is 5.24. The Morgan fingerprint density at radius 3 is 2.67 bits per heavy atom. The van der Waals surface area contributed by atoms with E-state index in [1.807, 2.05) is 19.1 Å². The molecule has 1 amide bonds. The minimum Gasteiger partial charge on any atom is -0.450 e. The fourth-order valence-corrected chi connectivity index (χ4v) is 5.46. The zero-order chi connectivity index (χ0) is 17.5. The number of amides is 1. The Balaban J connectivity index is 1.72. The monoisotopic (exact) mass is 352 g/mol. The minimum atomic E-state index is -3.49. The average Bonchev–Trinajstić information content (AvgIpc) is 2.78. The van der Waals surface area contributed by atoms with E-state index in [2.05, 4.69) is 12.2 Å². The molecule has 1 aliphatic carbocycles. The van der Waals surface area contributed by atoms with Gasteiger partial charge in [0.1, 0.15) is 0 Å². The third-order valence-corrected chi connectivity index (χ3v) is 7.07. The summed E-state index contributed by atoms with van der Waals surface area (Å²) in [6, 6.07) is 6.91. The first-order valence-corrected chi connectivity index (χ1v) is 9.70. The molecule has 1 aromatic carbocycles. The van der Waals surface area contributed by atoms with Crippen LogP contribution in [-0.4, -0.2) is 44.6 Å². The topological polar surface area (TPSA) is 75.7 Å². The molecule has 3 atom stereocenters. The van der Waals surface area contributed by atoms with Crippen LogP contribution < -0.4 is 5.32 Å². The summed E-state index contributed by atoms with van der Waals surface area (Å²) < 4.78 is 32.2. The predicted molar refractivity (Wildman–Crippen MR) is 90.1 cm³/mol. The second-order valence-electron chi connectivity index (χ2n) is 7.05. The van der Waals surface area contributed by atoms with Gasteiger partial charge in [-0.05, 0) is 43.7 Å². The van der Waals surface area contributed by atoms with Crippen LogP contribution in [0.4, 0.5) is 4.79 Å². The standard InChI is InChI=1S/C17H24N2O4S/c1-4-23-16(20)18-15-9-17(3)11-19(10-14(15)17)24(21,22)13-7-5-12(2)6-8-13/h5-8,14-15H,4,9-11H2,1-3H3,(H,18,20). The van der Waals surface area contributed by atoms with Crippen LogP contribution in [0, 0.1) is 18.3 Å². The molecule has 24 heavy (non-hydrogen) atoms. The van der Waals surface area contributed by atoms with E-state index in [1.165, 1.54) is 0 Å². The second kappa shape index (κ2) is 6.04. The molecule has 6 nitrogen and oxygen atoms in total. The summed E-state index contributed by atoms with van der Waals surface area (Å²) in [6.07, 6.45) is 0.348. The maximum Gasteiger partial charge on any atom is 0.407 e. The summed E-state index contributed by atoms with van der Waals surface area (Å²) >= 11 is 0. The van der Waals surface area contributed by atoms with Crippen LogP contribution in [0.2, 0.25) is 0 Å². The van der Waals surface area contributed by atoms with Crippen molar-refractivity contribution in [3.8, 4) is 0 Å². The predicted octanol–water partition coefficient (Wildman–Crippen LogP) is 2.14. The first-order valence-electron chi connectivity index (χ1n) is 8.26. The fourth-order valence-electron chi connectivity index (χ4n) is 3.86. The number of hydrogen-bond acceptors (Lipinski definition) is 4. The molecule has 1 saturated heterocycles. The van der Waals surface area contributed by atoms with Crippen molar-refractivity contribution in [3.63, 3.8) is 0 Å². The molecule has 7 heteroatoms. The summed E-state index contributed by atoms with van der Waals surface area (Å²) in [6.45, 7) is 7.04. The number of rotatable bonds is 4. The van der Waals surface area contributed by atoms with Crippen molar-refractivity contribution < 1.29 is 17.9 Å². The van der Waals surface area contributed by atoms with Crippen LogP contribution >= 0.6 is 0 Å². The Morgan fingerprint density at radius 2 is 2.04 bits per heavy atom. The average molecular weight is 352 g/mol. The number of carbonyl (C=O) groups is 1. The van der Waals surface area contributed by atoms with Gasteiger partial charge in [-0.3, -0.25) is 0 Å². The van der Waals surface area contributed by atoms with Gasteiger partial charge in [0.2, 0.25) is 10.0 Å². The van der Waals surface area contributed by atoms with Gasteiger partial charge in [0.25, 0.3) is 0 Å². The van der Waals surface area contributed by atoms with Crippen molar-refractivity contribution in [2.45, 2.75) is 38.1 Å². The number of aryl methyl sites for hydroxylation is 1. The summed E-state index contributed by atoms with van der Waals surface area (Å²) in [5, 5.41) is 2.85. The lowest BCUT2D eigenvalue weighted by atomic mass is 9.60. The molecule has 0 aromatic heterocycles. The number of nitrogens with one attached hydrogen (secondary N) is 1. The molecule has 2 aliphatic rings. The maximum atomic E-state index is 12.9. The molecule has 2 fully saturated rings. The van der Waals surface area contributed by atoms with E-state index in [9.17, 15) is 13.2 Å². The number of ether oxygens (including phenoxy) is 1. The molecule has 3 unspecified atom stereocenters. The van der Waals surface area contributed by atoms with Crippen LogP contribution in [0.3, 0.4) is 0 Å². The summed E-state index contributed by atoms with van der Waals surface area (Å²) in [5.74, 6) is 0.127. The number of benzene rings is 1. The number of alkyl carbamates (subject to hydrolysis) is 1. The van der Waals surface area contributed by atoms with E-state index in [1.54, 1.807) is 23.4 Å². The quantitative estimate of drug-likeness (QED) is 0.901. The molecule has 1 N–H and O–H groups in total. The fraction of sp³-hybridized carbons (Fsp3) is 0.588. The molecule has 1 saturated carbocycles. The van der Waals surface area contributed by atoms with Gasteiger partial charge in [-0.1, -0.05) is 24.6 Å². The van der Waals surface area contributed by atoms with Crippen LogP contribution in [-0.2, 0) is 14.8 Å². The second-order valence-corrected chi connectivity index (χ2v) is 8.98. The Bertz CT molecular complexity index is 731. The first kappa shape index (κ1) is 17.2. The van der Waals surface area contributed by atoms with Gasteiger partial charge in [-0.25, -0.2) is 13.2 Å². The normalized spacial score (nSPS) is 29.6. The lowest BCUT2D eigenvalue weighted by Crippen LogP contribution is -2.57. The number of hydrogen-bond donors (Lipinski definition) is 1. The van der Waals surface area contributed by atoms with Crippen molar-refractivity contribution in [3.05, 3.63) is 29.8 Å². The number of carbonyl (C=O) groups excluding carboxylic acids is 1. The van der Waals surface area contributed by atoms with Crippen molar-refractivity contribution in [2.75, 3.05) is 19.7 Å². The number of nitrogens with zero attached hydrogens (tertiary/aromatic N) is 1. The first-order chi connectivity index (χ1) is 11.3. The number of fused-ring (bicyclic) bond motifs is 1. The van der Waals surface area contributed by atoms with Crippen molar-refractivity contribution in [2.24, 2.45) is 11.3 Å². The highest BCUT2D eigenvalue weighted by Gasteiger charge is 2.58. The van der Waals surface area contributed by atoms with Gasteiger partial charge in [0, 0.05) is 19.1 Å². The molecule has 0 spiro atoms. The van der Waals surface area contributed by atoms with Gasteiger partial charge >= 0.3 is 6.09 Å². The Labute approximate surface area is 143 Å². The summed E-state index contributed by atoms with van der Waals surface area (Å²) in [4.78, 5) is 11.9. The minimum absolute atomic E-state index is 0.0210. The van der Waals surface area contributed by atoms with Gasteiger partial charge < -0.3 is 10.1 Å². The van der Waals surface area contributed by atoms with Gasteiger partial charge in [0.15, 0.2) is 0 Å². The maximum absolute atomic E-state index is 12.9. The number of sulfonamides is 1. The van der Waals surface area contributed by atoms with Gasteiger partial charge in [0.05, 0.1) is 11.5 Å². The largest absolute Gasteiger partial charge is 0.450 e. The third kappa shape index (κ3) is 2.91. The SMILES string of the molecule is CCOC(=O)NC1CC2(C)CN(S(=O)(=O)c3ccc(C)cc3)CC12. The van der Waals surface area contributed by atoms with Crippen molar-refractivity contribution in [1.82, 2.24) is 9.62 Å². The molecule has 0 radical (unpaired) electrons. The highest BCUT2D eigenvalue weighted by atomic mass is 32.2. The molecule has 1 heterocycles. The van der Waals surface area contributed by atoms with Gasteiger partial charge in [-0.2, -0.15) is 4.31 Å². The van der Waals surface area contributed by atoms with Crippen LogP contribution in [0.25, 0.3) is 0 Å². The summed E-state index contributed by atoms with van der Waals surface area (Å²) in [7, 11) is -3.49. The Morgan fingerprint density at radius 1 is 1.38 bits per heavy atom.